The van der Waals surface area contributed by atoms with Crippen molar-refractivity contribution in [2.45, 2.75) is 0 Å². The van der Waals surface area contributed by atoms with Crippen molar-refractivity contribution in [2.24, 2.45) is 5.73 Å². The van der Waals surface area contributed by atoms with E-state index >= 15 is 0 Å². The van der Waals surface area contributed by atoms with Crippen LogP contribution in [-0.2, 0) is 0 Å². The van der Waals surface area contributed by atoms with E-state index in [2.05, 4.69) is 4.98 Å². The number of carbonyl (C=O) groups is 2. The minimum absolute atomic E-state index is 0.124. The third-order valence-electron chi connectivity index (χ3n) is 4.14. The van der Waals surface area contributed by atoms with Gasteiger partial charge in [-0.3, -0.25) is 9.59 Å². The highest BCUT2D eigenvalue weighted by Crippen LogP contribution is 2.39. The Kier molecular flexibility index (Phi) is 5.60. The predicted octanol–water partition coefficient (Wildman–Crippen LogP) is 3.17. The molecule has 1 aromatic heterocycles. The van der Waals surface area contributed by atoms with Crippen molar-refractivity contribution in [3.8, 4) is 27.8 Å². The van der Waals surface area contributed by atoms with Gasteiger partial charge in [0.25, 0.3) is 0 Å². The number of aromatic nitrogens is 1. The van der Waals surface area contributed by atoms with Gasteiger partial charge in [0.05, 0.1) is 26.9 Å². The first-order chi connectivity index (χ1) is 13.5. The first-order valence-corrected chi connectivity index (χ1v) is 9.06. The molecule has 0 radical (unpaired) electrons. The number of methoxy groups -OCH3 is 3. The van der Waals surface area contributed by atoms with Crippen LogP contribution in [0.1, 0.15) is 26.3 Å². The second kappa shape index (κ2) is 8.10. The minimum Gasteiger partial charge on any atom is -0.493 e. The van der Waals surface area contributed by atoms with E-state index in [0.29, 0.717) is 17.2 Å². The van der Waals surface area contributed by atoms with Crippen molar-refractivity contribution in [1.82, 2.24) is 4.98 Å². The molecule has 0 aliphatic carbocycles. The lowest BCUT2D eigenvalue weighted by molar-refractivity contribution is 0.0981. The highest BCUT2D eigenvalue weighted by atomic mass is 32.1. The van der Waals surface area contributed by atoms with Gasteiger partial charge in [-0.2, -0.15) is 0 Å². The monoisotopic (exact) mass is 398 g/mol. The number of rotatable bonds is 7. The molecule has 1 amide bonds. The number of nitrogens with two attached hydrogens (primary N) is 1. The standard InChI is InChI=1S/C20H18N2O5S/c1-25-15-9-12(10-16(26-2)18(15)27-3)17(23)14-8-11(20-22-6-7-28-20)4-5-13(14)19(21)24/h4-10H,1-3H3,(H2,21,24). The lowest BCUT2D eigenvalue weighted by atomic mass is 9.95. The fourth-order valence-electron chi connectivity index (χ4n) is 2.81. The molecular weight excluding hydrogens is 380 g/mol. The molecule has 0 spiro atoms. The molecular formula is C20H18N2O5S. The molecule has 0 bridgehead atoms. The third kappa shape index (κ3) is 3.54. The number of amides is 1. The van der Waals surface area contributed by atoms with Crippen LogP contribution in [-0.4, -0.2) is 38.0 Å². The SMILES string of the molecule is COc1cc(C(=O)c2cc(-c3nccs3)ccc2C(N)=O)cc(OC)c1OC. The molecule has 3 rings (SSSR count). The number of ether oxygens (including phenoxy) is 3. The van der Waals surface area contributed by atoms with E-state index in [1.54, 1.807) is 18.3 Å². The molecule has 7 nitrogen and oxygen atoms in total. The summed E-state index contributed by atoms with van der Waals surface area (Å²) in [4.78, 5) is 29.4. The number of hydrogen-bond donors (Lipinski definition) is 1. The number of benzene rings is 2. The quantitative estimate of drug-likeness (QED) is 0.614. The van der Waals surface area contributed by atoms with Crippen LogP contribution in [0, 0.1) is 0 Å². The summed E-state index contributed by atoms with van der Waals surface area (Å²) in [6.07, 6.45) is 1.67. The van der Waals surface area contributed by atoms with Crippen LogP contribution >= 0.6 is 11.3 Å². The molecule has 8 heteroatoms. The van der Waals surface area contributed by atoms with Crippen LogP contribution in [0.4, 0.5) is 0 Å². The number of thiazole rings is 1. The second-order valence-corrected chi connectivity index (χ2v) is 6.60. The van der Waals surface area contributed by atoms with Gasteiger partial charge in [0, 0.05) is 28.3 Å². The maximum Gasteiger partial charge on any atom is 0.249 e. The summed E-state index contributed by atoms with van der Waals surface area (Å²) in [5, 5.41) is 2.56. The number of hydrogen-bond acceptors (Lipinski definition) is 7. The summed E-state index contributed by atoms with van der Waals surface area (Å²) in [6, 6.07) is 7.93. The summed E-state index contributed by atoms with van der Waals surface area (Å²) in [5.41, 5.74) is 6.77. The normalized spacial score (nSPS) is 10.4. The summed E-state index contributed by atoms with van der Waals surface area (Å²) in [7, 11) is 4.40. The third-order valence-corrected chi connectivity index (χ3v) is 4.96. The van der Waals surface area contributed by atoms with Gasteiger partial charge < -0.3 is 19.9 Å². The lowest BCUT2D eigenvalue weighted by Gasteiger charge is -2.14. The molecule has 0 atom stereocenters. The van der Waals surface area contributed by atoms with Crippen LogP contribution in [0.3, 0.4) is 0 Å². The van der Waals surface area contributed by atoms with Gasteiger partial charge in [0.1, 0.15) is 5.01 Å². The summed E-state index contributed by atoms with van der Waals surface area (Å²) in [6.45, 7) is 0. The molecule has 0 aliphatic heterocycles. The van der Waals surface area contributed by atoms with Crippen LogP contribution in [0.5, 0.6) is 17.2 Å². The topological polar surface area (TPSA) is 101 Å². The Bertz CT molecular complexity index is 1010. The van der Waals surface area contributed by atoms with E-state index in [0.717, 1.165) is 10.6 Å². The van der Waals surface area contributed by atoms with Gasteiger partial charge in [-0.1, -0.05) is 6.07 Å². The molecule has 28 heavy (non-hydrogen) atoms. The Labute approximate surface area is 165 Å². The van der Waals surface area contributed by atoms with Crippen molar-refractivity contribution < 1.29 is 23.8 Å². The van der Waals surface area contributed by atoms with E-state index in [9.17, 15) is 9.59 Å². The fraction of sp³-hybridized carbons (Fsp3) is 0.150. The van der Waals surface area contributed by atoms with E-state index in [1.165, 1.54) is 50.9 Å². The van der Waals surface area contributed by atoms with Crippen LogP contribution < -0.4 is 19.9 Å². The van der Waals surface area contributed by atoms with Gasteiger partial charge in [0.2, 0.25) is 11.7 Å². The van der Waals surface area contributed by atoms with Crippen molar-refractivity contribution >= 4 is 23.0 Å². The zero-order chi connectivity index (χ0) is 20.3. The fourth-order valence-corrected chi connectivity index (χ4v) is 3.45. The van der Waals surface area contributed by atoms with E-state index in [4.69, 9.17) is 19.9 Å². The second-order valence-electron chi connectivity index (χ2n) is 5.71. The molecule has 1 heterocycles. The Balaban J connectivity index is 2.16. The average Bonchev–Trinajstić information content (AvgIpc) is 3.26. The van der Waals surface area contributed by atoms with Crippen LogP contribution in [0.25, 0.3) is 10.6 Å². The summed E-state index contributed by atoms with van der Waals surface area (Å²) >= 11 is 1.43. The van der Waals surface area contributed by atoms with E-state index in [1.807, 2.05) is 5.38 Å². The number of ketones is 1. The van der Waals surface area contributed by atoms with Crippen molar-refractivity contribution in [1.29, 1.82) is 0 Å². The first-order valence-electron chi connectivity index (χ1n) is 8.18. The largest absolute Gasteiger partial charge is 0.493 e. The lowest BCUT2D eigenvalue weighted by Crippen LogP contribution is -2.17. The Morgan fingerprint density at radius 1 is 0.964 bits per heavy atom. The zero-order valence-electron chi connectivity index (χ0n) is 15.5. The molecule has 0 saturated carbocycles. The maximum absolute atomic E-state index is 13.3. The highest BCUT2D eigenvalue weighted by molar-refractivity contribution is 7.13. The molecule has 144 valence electrons. The van der Waals surface area contributed by atoms with Crippen molar-refractivity contribution in [3.05, 3.63) is 58.6 Å². The molecule has 0 unspecified atom stereocenters. The van der Waals surface area contributed by atoms with Gasteiger partial charge in [-0.15, -0.1) is 11.3 Å². The van der Waals surface area contributed by atoms with Crippen LogP contribution in [0.15, 0.2) is 41.9 Å². The maximum atomic E-state index is 13.3. The number of nitrogens with zero attached hydrogens (tertiary/aromatic N) is 1. The Hall–Kier alpha value is -3.39. The van der Waals surface area contributed by atoms with Crippen molar-refractivity contribution in [3.63, 3.8) is 0 Å². The van der Waals surface area contributed by atoms with Gasteiger partial charge in [0.15, 0.2) is 17.3 Å². The minimum atomic E-state index is -0.693. The summed E-state index contributed by atoms with van der Waals surface area (Å²) < 4.78 is 15.9. The molecule has 2 N–H and O–H groups in total. The van der Waals surface area contributed by atoms with E-state index in [-0.39, 0.29) is 16.7 Å². The smallest absolute Gasteiger partial charge is 0.249 e. The Morgan fingerprint density at radius 2 is 1.64 bits per heavy atom. The van der Waals surface area contributed by atoms with Crippen molar-refractivity contribution in [2.75, 3.05) is 21.3 Å². The predicted molar refractivity (Wildman–Crippen MR) is 106 cm³/mol. The van der Waals surface area contributed by atoms with Gasteiger partial charge in [-0.05, 0) is 24.3 Å². The molecule has 0 aliphatic rings. The summed E-state index contributed by atoms with van der Waals surface area (Å²) in [5.74, 6) is -0.0510. The highest BCUT2D eigenvalue weighted by Gasteiger charge is 2.22. The number of carbonyl (C=O) groups excluding carboxylic acids is 2. The van der Waals surface area contributed by atoms with Gasteiger partial charge in [-0.25, -0.2) is 4.98 Å². The zero-order valence-corrected chi connectivity index (χ0v) is 16.3. The van der Waals surface area contributed by atoms with Gasteiger partial charge >= 0.3 is 0 Å². The Morgan fingerprint density at radius 3 is 2.14 bits per heavy atom. The molecule has 3 aromatic rings. The molecule has 0 fully saturated rings. The molecule has 0 saturated heterocycles. The first kappa shape index (κ1) is 19.4. The van der Waals surface area contributed by atoms with Crippen LogP contribution in [0.2, 0.25) is 0 Å². The average molecular weight is 398 g/mol. The number of primary amides is 1. The van der Waals surface area contributed by atoms with E-state index < -0.39 is 11.7 Å². The molecule has 2 aromatic carbocycles.